The number of rotatable bonds is 6. The lowest BCUT2D eigenvalue weighted by molar-refractivity contribution is 0.374. The monoisotopic (exact) mass is 401 g/mol. The molecule has 0 unspecified atom stereocenters. The Kier molecular flexibility index (Phi) is 6.10. The zero-order chi connectivity index (χ0) is 20.1. The third-order valence-electron chi connectivity index (χ3n) is 4.07. The summed E-state index contributed by atoms with van der Waals surface area (Å²) in [6.07, 6.45) is 1.64. The van der Waals surface area contributed by atoms with E-state index in [2.05, 4.69) is 10.1 Å². The first-order chi connectivity index (χ1) is 13.6. The Balaban J connectivity index is 2.11. The number of ether oxygens (including phenoxy) is 3. The van der Waals surface area contributed by atoms with Gasteiger partial charge in [0.15, 0.2) is 0 Å². The van der Waals surface area contributed by atoms with Crippen molar-refractivity contribution < 1.29 is 18.6 Å². The van der Waals surface area contributed by atoms with Crippen LogP contribution in [0, 0.1) is 5.82 Å². The van der Waals surface area contributed by atoms with Crippen LogP contribution in [-0.2, 0) is 0 Å². The quantitative estimate of drug-likeness (QED) is 0.591. The zero-order valence-electron chi connectivity index (χ0n) is 16.0. The van der Waals surface area contributed by atoms with E-state index in [0.29, 0.717) is 27.6 Å². The SMILES string of the molecule is CN=c1scc(-c2ccc(F)cc2)n1N=Cc1c(OC)cc(OC)cc1OC. The van der Waals surface area contributed by atoms with Gasteiger partial charge in [0.25, 0.3) is 0 Å². The molecule has 0 N–H and O–H groups in total. The van der Waals surface area contributed by atoms with Gasteiger partial charge in [0.05, 0.1) is 38.8 Å². The molecule has 0 fully saturated rings. The van der Waals surface area contributed by atoms with Gasteiger partial charge in [-0.15, -0.1) is 11.3 Å². The second kappa shape index (κ2) is 8.71. The summed E-state index contributed by atoms with van der Waals surface area (Å²) in [5.41, 5.74) is 2.29. The van der Waals surface area contributed by atoms with E-state index in [9.17, 15) is 4.39 Å². The van der Waals surface area contributed by atoms with Crippen molar-refractivity contribution in [1.82, 2.24) is 4.68 Å². The van der Waals surface area contributed by atoms with Crippen molar-refractivity contribution in [2.75, 3.05) is 28.4 Å². The number of hydrogen-bond acceptors (Lipinski definition) is 6. The largest absolute Gasteiger partial charge is 0.496 e. The molecule has 0 bridgehead atoms. The molecule has 0 aliphatic carbocycles. The van der Waals surface area contributed by atoms with Gasteiger partial charge in [0, 0.05) is 30.1 Å². The Labute approximate surface area is 166 Å². The number of thiazole rings is 1. The number of benzene rings is 2. The van der Waals surface area contributed by atoms with Crippen LogP contribution in [0.5, 0.6) is 17.2 Å². The molecular formula is C20H20FN3O3S. The Hall–Kier alpha value is -3.13. The molecule has 0 amide bonds. The van der Waals surface area contributed by atoms with Crippen LogP contribution in [-0.4, -0.2) is 39.3 Å². The molecule has 1 heterocycles. The molecule has 0 saturated carbocycles. The predicted octanol–water partition coefficient (Wildman–Crippen LogP) is 3.79. The van der Waals surface area contributed by atoms with Crippen molar-refractivity contribution >= 4 is 17.6 Å². The summed E-state index contributed by atoms with van der Waals surface area (Å²) in [6.45, 7) is 0. The van der Waals surface area contributed by atoms with Gasteiger partial charge in [-0.25, -0.2) is 9.07 Å². The average molecular weight is 401 g/mol. The number of hydrogen-bond donors (Lipinski definition) is 0. The highest BCUT2D eigenvalue weighted by Crippen LogP contribution is 2.32. The molecule has 2 aromatic carbocycles. The molecule has 146 valence electrons. The van der Waals surface area contributed by atoms with E-state index in [-0.39, 0.29) is 5.82 Å². The molecule has 0 spiro atoms. The van der Waals surface area contributed by atoms with Gasteiger partial charge in [-0.3, -0.25) is 4.99 Å². The summed E-state index contributed by atoms with van der Waals surface area (Å²) in [5.74, 6) is 1.45. The van der Waals surface area contributed by atoms with Crippen molar-refractivity contribution in [2.45, 2.75) is 0 Å². The first kappa shape index (κ1) is 19.6. The van der Waals surface area contributed by atoms with Gasteiger partial charge in [0.2, 0.25) is 4.80 Å². The molecule has 0 saturated heterocycles. The lowest BCUT2D eigenvalue weighted by Crippen LogP contribution is -2.11. The van der Waals surface area contributed by atoms with Crippen LogP contribution in [0.15, 0.2) is 51.9 Å². The van der Waals surface area contributed by atoms with Crippen molar-refractivity contribution in [3.63, 3.8) is 0 Å². The maximum absolute atomic E-state index is 13.3. The molecule has 0 radical (unpaired) electrons. The van der Waals surface area contributed by atoms with Crippen LogP contribution < -0.4 is 19.0 Å². The van der Waals surface area contributed by atoms with Crippen LogP contribution in [0.2, 0.25) is 0 Å². The highest BCUT2D eigenvalue weighted by molar-refractivity contribution is 7.07. The Morgan fingerprint density at radius 3 is 2.18 bits per heavy atom. The van der Waals surface area contributed by atoms with E-state index in [1.165, 1.54) is 23.5 Å². The second-order valence-corrected chi connectivity index (χ2v) is 6.47. The summed E-state index contributed by atoms with van der Waals surface area (Å²) < 4.78 is 31.2. The number of methoxy groups -OCH3 is 3. The molecule has 3 aromatic rings. The normalized spacial score (nSPS) is 11.8. The van der Waals surface area contributed by atoms with E-state index in [1.807, 2.05) is 5.38 Å². The molecule has 0 atom stereocenters. The molecule has 0 aliphatic heterocycles. The molecule has 3 rings (SSSR count). The summed E-state index contributed by atoms with van der Waals surface area (Å²) in [7, 11) is 6.41. The minimum absolute atomic E-state index is 0.290. The van der Waals surface area contributed by atoms with E-state index < -0.39 is 0 Å². The van der Waals surface area contributed by atoms with Crippen molar-refractivity contribution in [3.05, 3.63) is 58.0 Å². The van der Waals surface area contributed by atoms with Crippen LogP contribution >= 0.6 is 11.3 Å². The van der Waals surface area contributed by atoms with Crippen molar-refractivity contribution in [1.29, 1.82) is 0 Å². The summed E-state index contributed by atoms with van der Waals surface area (Å²) >= 11 is 1.44. The average Bonchev–Trinajstić information content (AvgIpc) is 3.14. The van der Waals surface area contributed by atoms with E-state index in [1.54, 1.807) is 63.5 Å². The minimum Gasteiger partial charge on any atom is -0.496 e. The summed E-state index contributed by atoms with van der Waals surface area (Å²) in [4.78, 5) is 4.97. The van der Waals surface area contributed by atoms with Crippen molar-refractivity contribution in [2.24, 2.45) is 10.1 Å². The third-order valence-corrected chi connectivity index (χ3v) is 4.98. The zero-order valence-corrected chi connectivity index (χ0v) is 16.8. The van der Waals surface area contributed by atoms with Crippen LogP contribution in [0.3, 0.4) is 0 Å². The van der Waals surface area contributed by atoms with E-state index in [0.717, 1.165) is 11.3 Å². The summed E-state index contributed by atoms with van der Waals surface area (Å²) in [6, 6.07) is 9.76. The Morgan fingerprint density at radius 2 is 1.64 bits per heavy atom. The minimum atomic E-state index is -0.290. The first-order valence-electron chi connectivity index (χ1n) is 8.35. The number of aromatic nitrogens is 1. The molecule has 28 heavy (non-hydrogen) atoms. The lowest BCUT2D eigenvalue weighted by Gasteiger charge is -2.12. The predicted molar refractivity (Wildman–Crippen MR) is 108 cm³/mol. The number of nitrogens with zero attached hydrogens (tertiary/aromatic N) is 3. The van der Waals surface area contributed by atoms with Crippen LogP contribution in [0.4, 0.5) is 4.39 Å². The standard InChI is InChI=1S/C20H20FN3O3S/c1-22-20-24(17(12-28-20)13-5-7-14(21)8-6-13)23-11-16-18(26-3)9-15(25-2)10-19(16)27-4/h5-12H,1-4H3. The maximum atomic E-state index is 13.3. The maximum Gasteiger partial charge on any atom is 0.205 e. The number of halogens is 1. The fourth-order valence-electron chi connectivity index (χ4n) is 2.66. The first-order valence-corrected chi connectivity index (χ1v) is 9.23. The van der Waals surface area contributed by atoms with Gasteiger partial charge in [-0.1, -0.05) is 0 Å². The van der Waals surface area contributed by atoms with Gasteiger partial charge >= 0.3 is 0 Å². The van der Waals surface area contributed by atoms with Crippen LogP contribution in [0.25, 0.3) is 11.3 Å². The highest BCUT2D eigenvalue weighted by atomic mass is 32.1. The Morgan fingerprint density at radius 1 is 1.00 bits per heavy atom. The van der Waals surface area contributed by atoms with Gasteiger partial charge in [-0.05, 0) is 24.3 Å². The molecule has 8 heteroatoms. The molecule has 1 aromatic heterocycles. The van der Waals surface area contributed by atoms with Crippen LogP contribution in [0.1, 0.15) is 5.56 Å². The fourth-order valence-corrected chi connectivity index (χ4v) is 3.46. The van der Waals surface area contributed by atoms with E-state index >= 15 is 0 Å². The van der Waals surface area contributed by atoms with Crippen molar-refractivity contribution in [3.8, 4) is 28.5 Å². The lowest BCUT2D eigenvalue weighted by atomic mass is 10.1. The molecule has 0 aliphatic rings. The fraction of sp³-hybridized carbons (Fsp3) is 0.200. The van der Waals surface area contributed by atoms with Gasteiger partial charge in [-0.2, -0.15) is 5.10 Å². The molecular weight excluding hydrogens is 381 g/mol. The second-order valence-electron chi connectivity index (χ2n) is 5.64. The van der Waals surface area contributed by atoms with E-state index in [4.69, 9.17) is 14.2 Å². The highest BCUT2D eigenvalue weighted by Gasteiger charge is 2.13. The smallest absolute Gasteiger partial charge is 0.205 e. The third kappa shape index (κ3) is 3.91. The topological polar surface area (TPSA) is 57.3 Å². The molecule has 6 nitrogen and oxygen atoms in total. The van der Waals surface area contributed by atoms with Gasteiger partial charge < -0.3 is 14.2 Å². The van der Waals surface area contributed by atoms with Gasteiger partial charge in [0.1, 0.15) is 23.1 Å². The summed E-state index contributed by atoms with van der Waals surface area (Å²) in [5, 5.41) is 6.52. The Bertz CT molecular complexity index is 1030.